The molecule has 2 heterocycles. The number of rotatable bonds is 1. The normalized spacial score (nSPS) is 23.5. The van der Waals surface area contributed by atoms with Crippen molar-refractivity contribution in [1.29, 1.82) is 0 Å². The van der Waals surface area contributed by atoms with Gasteiger partial charge < -0.3 is 10.0 Å². The highest BCUT2D eigenvalue weighted by Crippen LogP contribution is 2.18. The Balaban J connectivity index is 2.16. The average Bonchev–Trinajstić information content (AvgIpc) is 2.58. The van der Waals surface area contributed by atoms with Crippen LogP contribution in [-0.2, 0) is 7.05 Å². The van der Waals surface area contributed by atoms with E-state index in [0.29, 0.717) is 0 Å². The Bertz CT molecular complexity index is 271. The number of aliphatic hydroxyl groups is 1. The molecular formula is C8H13N3O. The molecule has 1 aliphatic heterocycles. The van der Waals surface area contributed by atoms with E-state index in [1.165, 1.54) is 0 Å². The first kappa shape index (κ1) is 7.61. The molecule has 0 radical (unpaired) electrons. The third kappa shape index (κ3) is 1.18. The second kappa shape index (κ2) is 2.79. The number of aryl methyl sites for hydroxylation is 1. The maximum atomic E-state index is 9.32. The number of anilines is 1. The van der Waals surface area contributed by atoms with Crippen LogP contribution in [0.15, 0.2) is 12.3 Å². The number of aromatic nitrogens is 2. The molecule has 0 aliphatic carbocycles. The van der Waals surface area contributed by atoms with Crippen molar-refractivity contribution in [3.63, 3.8) is 0 Å². The van der Waals surface area contributed by atoms with E-state index >= 15 is 0 Å². The third-order valence-electron chi connectivity index (χ3n) is 2.28. The maximum absolute atomic E-state index is 9.32. The van der Waals surface area contributed by atoms with Crippen LogP contribution >= 0.6 is 0 Å². The van der Waals surface area contributed by atoms with E-state index in [4.69, 9.17) is 0 Å². The Kier molecular flexibility index (Phi) is 1.77. The highest BCUT2D eigenvalue weighted by Gasteiger charge is 2.21. The molecule has 0 bridgehead atoms. The summed E-state index contributed by atoms with van der Waals surface area (Å²) in [5, 5.41) is 13.4. The molecule has 66 valence electrons. The van der Waals surface area contributed by atoms with Crippen molar-refractivity contribution >= 4 is 5.82 Å². The van der Waals surface area contributed by atoms with Gasteiger partial charge in [0.25, 0.3) is 0 Å². The third-order valence-corrected chi connectivity index (χ3v) is 2.28. The lowest BCUT2D eigenvalue weighted by atomic mass is 10.3. The van der Waals surface area contributed by atoms with Gasteiger partial charge in [0.1, 0.15) is 5.82 Å². The monoisotopic (exact) mass is 167 g/mol. The van der Waals surface area contributed by atoms with E-state index in [1.54, 1.807) is 6.20 Å². The van der Waals surface area contributed by atoms with Crippen LogP contribution in [0.2, 0.25) is 0 Å². The van der Waals surface area contributed by atoms with Crippen molar-refractivity contribution in [2.75, 3.05) is 18.0 Å². The Morgan fingerprint density at radius 1 is 1.67 bits per heavy atom. The molecule has 1 fully saturated rings. The minimum Gasteiger partial charge on any atom is -0.391 e. The van der Waals surface area contributed by atoms with Gasteiger partial charge in [-0.15, -0.1) is 0 Å². The number of hydrogen-bond acceptors (Lipinski definition) is 3. The van der Waals surface area contributed by atoms with Crippen molar-refractivity contribution in [3.8, 4) is 0 Å². The van der Waals surface area contributed by atoms with E-state index < -0.39 is 0 Å². The van der Waals surface area contributed by atoms with Crippen molar-refractivity contribution in [2.24, 2.45) is 7.05 Å². The van der Waals surface area contributed by atoms with Crippen LogP contribution in [0, 0.1) is 0 Å². The van der Waals surface area contributed by atoms with Crippen LogP contribution < -0.4 is 4.90 Å². The SMILES string of the molecule is Cn1nccc1N1CCC(O)C1. The fourth-order valence-corrected chi connectivity index (χ4v) is 1.63. The fraction of sp³-hybridized carbons (Fsp3) is 0.625. The predicted octanol–water partition coefficient (Wildman–Crippen LogP) is -0.00890. The molecule has 1 aliphatic rings. The van der Waals surface area contributed by atoms with E-state index in [-0.39, 0.29) is 6.10 Å². The van der Waals surface area contributed by atoms with Gasteiger partial charge in [0.2, 0.25) is 0 Å². The van der Waals surface area contributed by atoms with E-state index in [0.717, 1.165) is 25.3 Å². The second-order valence-electron chi connectivity index (χ2n) is 3.20. The number of nitrogens with zero attached hydrogens (tertiary/aromatic N) is 3. The summed E-state index contributed by atoms with van der Waals surface area (Å²) in [4.78, 5) is 2.15. The van der Waals surface area contributed by atoms with Gasteiger partial charge in [0, 0.05) is 26.2 Å². The molecule has 2 rings (SSSR count). The summed E-state index contributed by atoms with van der Waals surface area (Å²) in [5.74, 6) is 1.09. The highest BCUT2D eigenvalue weighted by molar-refractivity contribution is 5.39. The standard InChI is InChI=1S/C8H13N3O/c1-10-8(2-4-9-10)11-5-3-7(12)6-11/h2,4,7,12H,3,5-6H2,1H3. The Morgan fingerprint density at radius 3 is 3.00 bits per heavy atom. The molecule has 4 nitrogen and oxygen atoms in total. The van der Waals surface area contributed by atoms with E-state index in [9.17, 15) is 5.11 Å². The lowest BCUT2D eigenvalue weighted by molar-refractivity contribution is 0.198. The van der Waals surface area contributed by atoms with E-state index in [2.05, 4.69) is 10.00 Å². The average molecular weight is 167 g/mol. The largest absolute Gasteiger partial charge is 0.391 e. The molecule has 0 amide bonds. The molecule has 1 saturated heterocycles. The molecule has 1 unspecified atom stereocenters. The minimum atomic E-state index is -0.167. The van der Waals surface area contributed by atoms with Crippen LogP contribution in [0.3, 0.4) is 0 Å². The molecular weight excluding hydrogens is 154 g/mol. The first-order chi connectivity index (χ1) is 5.77. The summed E-state index contributed by atoms with van der Waals surface area (Å²) in [5.41, 5.74) is 0. The van der Waals surface area contributed by atoms with Gasteiger partial charge in [-0.2, -0.15) is 5.10 Å². The summed E-state index contributed by atoms with van der Waals surface area (Å²) < 4.78 is 1.83. The minimum absolute atomic E-state index is 0.167. The van der Waals surface area contributed by atoms with Crippen molar-refractivity contribution in [3.05, 3.63) is 12.3 Å². The first-order valence-electron chi connectivity index (χ1n) is 4.18. The van der Waals surface area contributed by atoms with Crippen LogP contribution in [0.25, 0.3) is 0 Å². The lowest BCUT2D eigenvalue weighted by Crippen LogP contribution is -2.23. The van der Waals surface area contributed by atoms with Crippen LogP contribution in [0.1, 0.15) is 6.42 Å². The van der Waals surface area contributed by atoms with Gasteiger partial charge in [-0.3, -0.25) is 4.68 Å². The van der Waals surface area contributed by atoms with Crippen molar-refractivity contribution in [2.45, 2.75) is 12.5 Å². The molecule has 0 saturated carbocycles. The molecule has 4 heteroatoms. The molecule has 1 aromatic rings. The zero-order valence-electron chi connectivity index (χ0n) is 7.14. The molecule has 12 heavy (non-hydrogen) atoms. The molecule has 1 N–H and O–H groups in total. The van der Waals surface area contributed by atoms with Gasteiger partial charge in [-0.25, -0.2) is 0 Å². The Hall–Kier alpha value is -1.03. The number of β-amino-alcohol motifs (C(OH)–C–C–N with tert-alkyl or cyclic N) is 1. The first-order valence-corrected chi connectivity index (χ1v) is 4.18. The van der Waals surface area contributed by atoms with Crippen LogP contribution in [-0.4, -0.2) is 34.1 Å². The van der Waals surface area contributed by atoms with Gasteiger partial charge in [0.05, 0.1) is 12.3 Å². The molecule has 0 spiro atoms. The molecule has 1 atom stereocenters. The number of hydrogen-bond donors (Lipinski definition) is 1. The lowest BCUT2D eigenvalue weighted by Gasteiger charge is -2.16. The van der Waals surface area contributed by atoms with Gasteiger partial charge >= 0.3 is 0 Å². The van der Waals surface area contributed by atoms with Gasteiger partial charge in [-0.05, 0) is 6.42 Å². The zero-order valence-corrected chi connectivity index (χ0v) is 7.14. The fourth-order valence-electron chi connectivity index (χ4n) is 1.63. The maximum Gasteiger partial charge on any atom is 0.126 e. The van der Waals surface area contributed by atoms with Gasteiger partial charge in [-0.1, -0.05) is 0 Å². The van der Waals surface area contributed by atoms with Gasteiger partial charge in [0.15, 0.2) is 0 Å². The Labute approximate surface area is 71.4 Å². The number of aliphatic hydroxyl groups excluding tert-OH is 1. The summed E-state index contributed by atoms with van der Waals surface area (Å²) in [6.45, 7) is 1.67. The quantitative estimate of drug-likeness (QED) is 0.639. The summed E-state index contributed by atoms with van der Waals surface area (Å²) in [6, 6.07) is 1.97. The zero-order chi connectivity index (χ0) is 8.55. The summed E-state index contributed by atoms with van der Waals surface area (Å²) in [6.07, 6.45) is 2.48. The molecule has 0 aromatic carbocycles. The van der Waals surface area contributed by atoms with E-state index in [1.807, 2.05) is 17.8 Å². The summed E-state index contributed by atoms with van der Waals surface area (Å²) >= 11 is 0. The van der Waals surface area contributed by atoms with Crippen LogP contribution in [0.4, 0.5) is 5.82 Å². The second-order valence-corrected chi connectivity index (χ2v) is 3.20. The van der Waals surface area contributed by atoms with Crippen molar-refractivity contribution < 1.29 is 5.11 Å². The Morgan fingerprint density at radius 2 is 2.50 bits per heavy atom. The van der Waals surface area contributed by atoms with Crippen LogP contribution in [0.5, 0.6) is 0 Å². The topological polar surface area (TPSA) is 41.3 Å². The van der Waals surface area contributed by atoms with Crippen molar-refractivity contribution in [1.82, 2.24) is 9.78 Å². The molecule has 1 aromatic heterocycles. The predicted molar refractivity (Wildman–Crippen MR) is 46.0 cm³/mol. The summed E-state index contributed by atoms with van der Waals surface area (Å²) in [7, 11) is 1.92. The highest BCUT2D eigenvalue weighted by atomic mass is 16.3. The smallest absolute Gasteiger partial charge is 0.126 e.